The molecule has 0 radical (unpaired) electrons. The van der Waals surface area contributed by atoms with Gasteiger partial charge in [0.25, 0.3) is 0 Å². The molecule has 1 amide bonds. The summed E-state index contributed by atoms with van der Waals surface area (Å²) in [5.74, 6) is -0.329. The second-order valence-electron chi connectivity index (χ2n) is 8.60. The first-order valence-electron chi connectivity index (χ1n) is 11.4. The minimum absolute atomic E-state index is 0.290. The number of carbonyl (C=O) groups is 1. The Morgan fingerprint density at radius 3 is 2.60 bits per heavy atom. The zero-order chi connectivity index (χ0) is 24.3. The lowest BCUT2D eigenvalue weighted by Gasteiger charge is -2.34. The number of hydrogen-bond acceptors (Lipinski definition) is 6. The monoisotopic (exact) mass is 516 g/mol. The van der Waals surface area contributed by atoms with E-state index in [2.05, 4.69) is 9.88 Å². The van der Waals surface area contributed by atoms with Crippen LogP contribution in [-0.2, 0) is 26.6 Å². The molecule has 2 saturated heterocycles. The van der Waals surface area contributed by atoms with E-state index in [9.17, 15) is 4.79 Å². The molecule has 2 unspecified atom stereocenters. The maximum absolute atomic E-state index is 10.9. The first-order chi connectivity index (χ1) is 17.0. The van der Waals surface area contributed by atoms with E-state index in [1.165, 1.54) is 0 Å². The van der Waals surface area contributed by atoms with E-state index >= 15 is 0 Å². The predicted molar refractivity (Wildman–Crippen MR) is 133 cm³/mol. The fourth-order valence-corrected chi connectivity index (χ4v) is 4.96. The van der Waals surface area contributed by atoms with Gasteiger partial charge in [-0.15, -0.1) is 0 Å². The number of imidazole rings is 1. The van der Waals surface area contributed by atoms with E-state index in [4.69, 9.17) is 37.4 Å². The summed E-state index contributed by atoms with van der Waals surface area (Å²) in [4.78, 5) is 19.1. The van der Waals surface area contributed by atoms with E-state index in [1.807, 2.05) is 41.1 Å². The first kappa shape index (κ1) is 23.9. The van der Waals surface area contributed by atoms with Crippen LogP contribution in [-0.4, -0.2) is 66.4 Å². The van der Waals surface area contributed by atoms with Gasteiger partial charge in [0.15, 0.2) is 0 Å². The number of ether oxygens (including phenoxy) is 3. The van der Waals surface area contributed by atoms with Crippen molar-refractivity contribution >= 4 is 35.3 Å². The van der Waals surface area contributed by atoms with Gasteiger partial charge in [0.1, 0.15) is 18.5 Å². The van der Waals surface area contributed by atoms with Gasteiger partial charge < -0.3 is 28.6 Å². The number of halogens is 2. The van der Waals surface area contributed by atoms with Crippen LogP contribution >= 0.6 is 23.2 Å². The molecular weight excluding hydrogens is 491 g/mol. The number of hydrogen-bond donors (Lipinski definition) is 0. The molecule has 35 heavy (non-hydrogen) atoms. The summed E-state index contributed by atoms with van der Waals surface area (Å²) in [5.41, 5.74) is 1.82. The van der Waals surface area contributed by atoms with E-state index in [1.54, 1.807) is 29.6 Å². The maximum Gasteiger partial charge on any atom is 0.215 e. The molecule has 3 heterocycles. The van der Waals surface area contributed by atoms with Crippen LogP contribution in [0.5, 0.6) is 5.75 Å². The van der Waals surface area contributed by atoms with Gasteiger partial charge in [-0.25, -0.2) is 4.98 Å². The summed E-state index contributed by atoms with van der Waals surface area (Å²) >= 11 is 12.6. The fourth-order valence-electron chi connectivity index (χ4n) is 4.40. The van der Waals surface area contributed by atoms with Crippen molar-refractivity contribution in [3.8, 4) is 5.75 Å². The number of nitrogens with zero attached hydrogens (tertiary/aromatic N) is 4. The largest absolute Gasteiger partial charge is 0.491 e. The Morgan fingerprint density at radius 1 is 1.11 bits per heavy atom. The molecule has 2 fully saturated rings. The van der Waals surface area contributed by atoms with Crippen molar-refractivity contribution in [2.24, 2.45) is 0 Å². The highest BCUT2D eigenvalue weighted by Gasteiger charge is 2.45. The number of aromatic nitrogens is 2. The highest BCUT2D eigenvalue weighted by atomic mass is 35.5. The van der Waals surface area contributed by atoms with E-state index in [0.29, 0.717) is 35.4 Å². The number of piperazine rings is 1. The third-order valence-electron chi connectivity index (χ3n) is 6.25. The minimum atomic E-state index is -1.08. The van der Waals surface area contributed by atoms with Crippen LogP contribution in [0, 0.1) is 0 Å². The van der Waals surface area contributed by atoms with E-state index < -0.39 is 5.79 Å². The second-order valence-corrected chi connectivity index (χ2v) is 9.44. The van der Waals surface area contributed by atoms with Crippen molar-refractivity contribution in [2.45, 2.75) is 18.4 Å². The van der Waals surface area contributed by atoms with Crippen molar-refractivity contribution in [3.63, 3.8) is 0 Å². The molecule has 2 atom stereocenters. The Labute approximate surface area is 213 Å². The Bertz CT molecular complexity index is 1140. The van der Waals surface area contributed by atoms with Crippen LogP contribution in [0.15, 0.2) is 61.2 Å². The van der Waals surface area contributed by atoms with Gasteiger partial charge in [-0.2, -0.15) is 0 Å². The quantitative estimate of drug-likeness (QED) is 0.424. The van der Waals surface area contributed by atoms with Crippen molar-refractivity contribution < 1.29 is 19.0 Å². The number of rotatable bonds is 8. The molecule has 5 rings (SSSR count). The predicted octanol–water partition coefficient (Wildman–Crippen LogP) is 3.82. The van der Waals surface area contributed by atoms with Crippen LogP contribution in [0.3, 0.4) is 0 Å². The highest BCUT2D eigenvalue weighted by molar-refractivity contribution is 6.35. The molecule has 10 heteroatoms. The summed E-state index contributed by atoms with van der Waals surface area (Å²) < 4.78 is 20.6. The standard InChI is InChI=1S/C25H26Cl2N4O4/c26-19-1-6-23(24(27)13-19)25(16-30-8-7-28-17-30)34-15-22(35-25)14-33-21-4-2-20(3-5-21)31-11-9-29(18-32)10-12-31/h1-8,13,17-18,22H,9-12,14-16H2. The normalized spacial score (nSPS) is 22.4. The van der Waals surface area contributed by atoms with Crippen LogP contribution < -0.4 is 9.64 Å². The van der Waals surface area contributed by atoms with Crippen LogP contribution in [0.1, 0.15) is 5.56 Å². The third kappa shape index (κ3) is 5.41. The van der Waals surface area contributed by atoms with Crippen LogP contribution in [0.2, 0.25) is 10.0 Å². The van der Waals surface area contributed by atoms with Crippen molar-refractivity contribution in [1.82, 2.24) is 14.5 Å². The molecule has 0 saturated carbocycles. The van der Waals surface area contributed by atoms with E-state index in [0.717, 1.165) is 44.0 Å². The SMILES string of the molecule is O=CN1CCN(c2ccc(OCC3COC(Cn4ccnc4)(c4ccc(Cl)cc4Cl)O3)cc2)CC1. The van der Waals surface area contributed by atoms with Crippen molar-refractivity contribution in [1.29, 1.82) is 0 Å². The Balaban J connectivity index is 1.23. The summed E-state index contributed by atoms with van der Waals surface area (Å²) in [6.07, 6.45) is 5.89. The zero-order valence-corrected chi connectivity index (χ0v) is 20.6. The second kappa shape index (κ2) is 10.5. The molecule has 2 aliphatic heterocycles. The van der Waals surface area contributed by atoms with Gasteiger partial charge in [-0.3, -0.25) is 4.79 Å². The average Bonchev–Trinajstić information content (AvgIpc) is 3.54. The lowest BCUT2D eigenvalue weighted by atomic mass is 10.1. The van der Waals surface area contributed by atoms with Crippen molar-refractivity contribution in [3.05, 3.63) is 76.8 Å². The number of anilines is 1. The summed E-state index contributed by atoms with van der Waals surface area (Å²) in [7, 11) is 0. The summed E-state index contributed by atoms with van der Waals surface area (Å²) in [6, 6.07) is 13.3. The lowest BCUT2D eigenvalue weighted by Crippen LogP contribution is -2.45. The van der Waals surface area contributed by atoms with E-state index in [-0.39, 0.29) is 6.10 Å². The Kier molecular flexibility index (Phi) is 7.15. The molecule has 0 spiro atoms. The van der Waals surface area contributed by atoms with Gasteiger partial charge in [-0.1, -0.05) is 29.3 Å². The molecule has 2 aliphatic rings. The smallest absolute Gasteiger partial charge is 0.215 e. The van der Waals surface area contributed by atoms with Gasteiger partial charge >= 0.3 is 0 Å². The highest BCUT2D eigenvalue weighted by Crippen LogP contribution is 2.40. The first-order valence-corrected chi connectivity index (χ1v) is 12.2. The van der Waals surface area contributed by atoms with Crippen LogP contribution in [0.4, 0.5) is 5.69 Å². The number of benzene rings is 2. The van der Waals surface area contributed by atoms with Crippen molar-refractivity contribution in [2.75, 3.05) is 44.3 Å². The maximum atomic E-state index is 10.9. The molecule has 0 bridgehead atoms. The molecule has 2 aromatic carbocycles. The van der Waals surface area contributed by atoms with Crippen LogP contribution in [0.25, 0.3) is 0 Å². The average molecular weight is 517 g/mol. The third-order valence-corrected chi connectivity index (χ3v) is 6.80. The molecular formula is C25H26Cl2N4O4. The summed E-state index contributed by atoms with van der Waals surface area (Å²) in [6.45, 7) is 4.17. The molecule has 3 aromatic rings. The number of carbonyl (C=O) groups excluding carboxylic acids is 1. The molecule has 0 N–H and O–H groups in total. The lowest BCUT2D eigenvalue weighted by molar-refractivity contribution is -0.189. The molecule has 1 aromatic heterocycles. The Hall–Kier alpha value is -2.78. The Morgan fingerprint density at radius 2 is 1.91 bits per heavy atom. The topological polar surface area (TPSA) is 69.1 Å². The molecule has 8 nitrogen and oxygen atoms in total. The van der Waals surface area contributed by atoms with Gasteiger partial charge in [0, 0.05) is 54.8 Å². The molecule has 184 valence electrons. The number of amides is 1. The summed E-state index contributed by atoms with van der Waals surface area (Å²) in [5, 5.41) is 1.02. The minimum Gasteiger partial charge on any atom is -0.491 e. The van der Waals surface area contributed by atoms with Gasteiger partial charge in [0.2, 0.25) is 12.2 Å². The molecule has 0 aliphatic carbocycles. The van der Waals surface area contributed by atoms with Gasteiger partial charge in [0.05, 0.1) is 24.5 Å². The zero-order valence-electron chi connectivity index (χ0n) is 19.1. The fraction of sp³-hybridized carbons (Fsp3) is 0.360. The van der Waals surface area contributed by atoms with Gasteiger partial charge in [-0.05, 0) is 36.4 Å².